The van der Waals surface area contributed by atoms with Crippen LogP contribution >= 0.6 is 23.2 Å². The number of carbonyl (C=O) groups is 2. The molecule has 0 radical (unpaired) electrons. The van der Waals surface area contributed by atoms with Gasteiger partial charge in [0, 0.05) is 18.7 Å². The molecular weight excluding hydrogens is 785 g/mol. The Bertz CT molecular complexity index is 1860. The average Bonchev–Trinajstić information content (AvgIpc) is 3.11. The first-order valence-electron chi connectivity index (χ1n) is 17.2. The molecule has 54 heavy (non-hydrogen) atoms. The van der Waals surface area contributed by atoms with Crippen molar-refractivity contribution in [3.8, 4) is 0 Å². The summed E-state index contributed by atoms with van der Waals surface area (Å²) in [4.78, 5) is 24.7. The van der Waals surface area contributed by atoms with E-state index in [1.165, 1.54) is 12.1 Å². The number of halogens is 8. The van der Waals surface area contributed by atoms with Crippen molar-refractivity contribution in [2.24, 2.45) is 11.8 Å². The normalized spacial score (nSPS) is 20.7. The number of hydrogen-bond donors (Lipinski definition) is 3. The van der Waals surface area contributed by atoms with E-state index in [0.29, 0.717) is 38.5 Å². The molecule has 0 atom stereocenters. The first-order chi connectivity index (χ1) is 25.3. The second-order valence-corrected chi connectivity index (χ2v) is 15.9. The number of carbonyl (C=O) groups excluding carboxylic acids is 2. The first-order valence-corrected chi connectivity index (χ1v) is 19.4. The summed E-state index contributed by atoms with van der Waals surface area (Å²) in [5, 5.41) is 14.5. The van der Waals surface area contributed by atoms with Crippen LogP contribution in [0, 0.1) is 18.8 Å². The van der Waals surface area contributed by atoms with Crippen LogP contribution in [0.5, 0.6) is 0 Å². The van der Waals surface area contributed by atoms with E-state index in [9.17, 15) is 44.3 Å². The Morgan fingerprint density at radius 1 is 0.704 bits per heavy atom. The van der Waals surface area contributed by atoms with E-state index in [1.807, 2.05) is 6.92 Å². The standard InChI is InChI=1S/C22H23ClF3NO4S.C15H17ClF3NO2/c1-14-2-9-18(10-3-14)32(29,30)31-13-15-4-7-17(8-5-15)27-21(28)19-12-16(22(24,25)26)6-11-20(19)23;16-13-6-3-10(15(17,18)19)7-12(13)14(22)20-11-4-1-9(8-21)2-5-11/h2-3,6,9-12,15,17H,4-5,7-8,13H2,1H3,(H,27,28);3,6-7,9,11,21H,1-2,4-5,8H2,(H,20,22). The van der Waals surface area contributed by atoms with Crippen molar-refractivity contribution in [3.63, 3.8) is 0 Å². The third kappa shape index (κ3) is 12.3. The molecule has 5 rings (SSSR count). The van der Waals surface area contributed by atoms with Gasteiger partial charge in [0.1, 0.15) is 0 Å². The van der Waals surface area contributed by atoms with Crippen molar-refractivity contribution in [2.45, 2.75) is 87.6 Å². The van der Waals surface area contributed by atoms with E-state index < -0.39 is 45.4 Å². The van der Waals surface area contributed by atoms with Crippen LogP contribution in [0.2, 0.25) is 10.0 Å². The summed E-state index contributed by atoms with van der Waals surface area (Å²) in [6, 6.07) is 11.4. The molecule has 0 saturated heterocycles. The van der Waals surface area contributed by atoms with Crippen molar-refractivity contribution < 1.29 is 53.6 Å². The number of amides is 2. The van der Waals surface area contributed by atoms with Crippen molar-refractivity contribution in [2.75, 3.05) is 13.2 Å². The maximum atomic E-state index is 12.9. The van der Waals surface area contributed by atoms with E-state index in [0.717, 1.165) is 54.8 Å². The van der Waals surface area contributed by atoms with Gasteiger partial charge >= 0.3 is 12.4 Å². The van der Waals surface area contributed by atoms with Gasteiger partial charge < -0.3 is 15.7 Å². The Morgan fingerprint density at radius 3 is 1.50 bits per heavy atom. The van der Waals surface area contributed by atoms with Gasteiger partial charge in [-0.2, -0.15) is 34.8 Å². The molecule has 0 bridgehead atoms. The minimum atomic E-state index is -4.57. The monoisotopic (exact) mass is 824 g/mol. The molecule has 2 aliphatic carbocycles. The minimum Gasteiger partial charge on any atom is -0.396 e. The van der Waals surface area contributed by atoms with Crippen molar-refractivity contribution in [3.05, 3.63) is 98.5 Å². The number of aryl methyl sites for hydroxylation is 1. The highest BCUT2D eigenvalue weighted by molar-refractivity contribution is 7.86. The van der Waals surface area contributed by atoms with Crippen molar-refractivity contribution in [1.82, 2.24) is 10.6 Å². The number of alkyl halides is 6. The van der Waals surface area contributed by atoms with Crippen LogP contribution in [0.15, 0.2) is 65.6 Å². The molecular formula is C37H40Cl2F6N2O6S. The molecule has 2 amide bonds. The molecule has 2 saturated carbocycles. The molecule has 17 heteroatoms. The molecule has 0 spiro atoms. The summed E-state index contributed by atoms with van der Waals surface area (Å²) in [6.07, 6.45) is -3.76. The zero-order valence-electron chi connectivity index (χ0n) is 29.1. The maximum Gasteiger partial charge on any atom is 0.416 e. The van der Waals surface area contributed by atoms with Crippen LogP contribution in [0.1, 0.15) is 88.8 Å². The lowest BCUT2D eigenvalue weighted by Gasteiger charge is -2.29. The Hall–Kier alpha value is -3.37. The molecule has 2 fully saturated rings. The molecule has 3 aromatic carbocycles. The smallest absolute Gasteiger partial charge is 0.396 e. The topological polar surface area (TPSA) is 122 Å². The summed E-state index contributed by atoms with van der Waals surface area (Å²) in [5.41, 5.74) is -1.29. The highest BCUT2D eigenvalue weighted by atomic mass is 35.5. The van der Waals surface area contributed by atoms with Gasteiger partial charge in [-0.15, -0.1) is 0 Å². The summed E-state index contributed by atoms with van der Waals surface area (Å²) in [5.74, 6) is -1.02. The van der Waals surface area contributed by atoms with Crippen LogP contribution in [-0.2, 0) is 26.7 Å². The summed E-state index contributed by atoms with van der Waals surface area (Å²) < 4.78 is 107. The van der Waals surface area contributed by atoms with Crippen LogP contribution in [0.25, 0.3) is 0 Å². The molecule has 0 unspecified atom stereocenters. The largest absolute Gasteiger partial charge is 0.416 e. The molecule has 2 aliphatic rings. The van der Waals surface area contributed by atoms with Gasteiger partial charge in [0.25, 0.3) is 21.9 Å². The zero-order valence-corrected chi connectivity index (χ0v) is 31.4. The van der Waals surface area contributed by atoms with E-state index in [4.69, 9.17) is 32.5 Å². The Morgan fingerprint density at radius 2 is 1.11 bits per heavy atom. The Kier molecular flexibility index (Phi) is 14.9. The molecule has 0 aliphatic heterocycles. The van der Waals surface area contributed by atoms with Gasteiger partial charge in [0.05, 0.1) is 43.8 Å². The second-order valence-electron chi connectivity index (χ2n) is 13.5. The van der Waals surface area contributed by atoms with Gasteiger partial charge in [-0.1, -0.05) is 40.9 Å². The molecule has 8 nitrogen and oxygen atoms in total. The summed E-state index contributed by atoms with van der Waals surface area (Å²) in [7, 11) is -3.84. The Balaban J connectivity index is 0.000000258. The third-order valence-electron chi connectivity index (χ3n) is 9.47. The van der Waals surface area contributed by atoms with Gasteiger partial charge in [-0.3, -0.25) is 13.8 Å². The second kappa shape index (κ2) is 18.5. The predicted octanol–water partition coefficient (Wildman–Crippen LogP) is 9.00. The lowest BCUT2D eigenvalue weighted by atomic mass is 9.86. The van der Waals surface area contributed by atoms with Crippen LogP contribution in [0.3, 0.4) is 0 Å². The number of hydrogen-bond acceptors (Lipinski definition) is 6. The molecule has 0 heterocycles. The fourth-order valence-electron chi connectivity index (χ4n) is 6.20. The number of benzene rings is 3. The fraction of sp³-hybridized carbons (Fsp3) is 0.459. The number of rotatable bonds is 9. The van der Waals surface area contributed by atoms with E-state index in [1.54, 1.807) is 12.1 Å². The molecule has 3 N–H and O–H groups in total. The number of aliphatic hydroxyl groups excluding tert-OH is 1. The highest BCUT2D eigenvalue weighted by Gasteiger charge is 2.34. The summed E-state index contributed by atoms with van der Waals surface area (Å²) >= 11 is 11.8. The van der Waals surface area contributed by atoms with Crippen molar-refractivity contribution >= 4 is 45.1 Å². The number of aliphatic hydroxyl groups is 1. The first kappa shape index (κ1) is 43.4. The zero-order chi connectivity index (χ0) is 39.8. The van der Waals surface area contributed by atoms with E-state index >= 15 is 0 Å². The van der Waals surface area contributed by atoms with Gasteiger partial charge in [0.2, 0.25) is 0 Å². The van der Waals surface area contributed by atoms with Crippen LogP contribution < -0.4 is 10.6 Å². The predicted molar refractivity (Wildman–Crippen MR) is 191 cm³/mol. The Labute approximate surface area is 319 Å². The molecule has 3 aromatic rings. The fourth-order valence-corrected chi connectivity index (χ4v) is 7.58. The van der Waals surface area contributed by atoms with Crippen molar-refractivity contribution in [1.29, 1.82) is 0 Å². The number of nitrogens with one attached hydrogen (secondary N) is 2. The van der Waals surface area contributed by atoms with Crippen LogP contribution in [-0.4, -0.2) is 50.6 Å². The SMILES string of the molecule is Cc1ccc(S(=O)(=O)OCC2CCC(NC(=O)c3cc(C(F)(F)F)ccc3Cl)CC2)cc1.O=C(NC1CCC(CO)CC1)c1cc(C(F)(F)F)ccc1Cl. The molecule has 296 valence electrons. The summed E-state index contributed by atoms with van der Waals surface area (Å²) in [6.45, 7) is 2.02. The van der Waals surface area contributed by atoms with Gasteiger partial charge in [-0.25, -0.2) is 0 Å². The average molecular weight is 826 g/mol. The van der Waals surface area contributed by atoms with Gasteiger partial charge in [0.15, 0.2) is 0 Å². The van der Waals surface area contributed by atoms with Crippen LogP contribution in [0.4, 0.5) is 26.3 Å². The lowest BCUT2D eigenvalue weighted by molar-refractivity contribution is -0.138. The minimum absolute atomic E-state index is 0.000482. The third-order valence-corrected chi connectivity index (χ3v) is 11.4. The maximum absolute atomic E-state index is 12.9. The lowest BCUT2D eigenvalue weighted by Crippen LogP contribution is -2.38. The van der Waals surface area contributed by atoms with Gasteiger partial charge in [-0.05, 0) is 119 Å². The molecule has 0 aromatic heterocycles. The van der Waals surface area contributed by atoms with E-state index in [2.05, 4.69) is 10.6 Å². The quantitative estimate of drug-likeness (QED) is 0.146. The van der Waals surface area contributed by atoms with E-state index in [-0.39, 0.29) is 63.2 Å². The highest BCUT2D eigenvalue weighted by Crippen LogP contribution is 2.34.